The first-order valence-electron chi connectivity index (χ1n) is 9.87. The van der Waals surface area contributed by atoms with Gasteiger partial charge in [0.05, 0.1) is 18.1 Å². The molecule has 32 heavy (non-hydrogen) atoms. The monoisotopic (exact) mass is 481 g/mol. The molecule has 0 aliphatic carbocycles. The molecule has 0 radical (unpaired) electrons. The molecule has 0 N–H and O–H groups in total. The molecule has 4 rings (SSSR count). The van der Waals surface area contributed by atoms with Gasteiger partial charge in [-0.25, -0.2) is 4.79 Å². The highest BCUT2D eigenvalue weighted by Crippen LogP contribution is 2.36. The van der Waals surface area contributed by atoms with Crippen molar-refractivity contribution in [3.63, 3.8) is 0 Å². The van der Waals surface area contributed by atoms with Crippen LogP contribution in [0.3, 0.4) is 0 Å². The highest BCUT2D eigenvalue weighted by molar-refractivity contribution is 8.26. The number of amides is 1. The van der Waals surface area contributed by atoms with Gasteiger partial charge in [-0.3, -0.25) is 9.69 Å². The van der Waals surface area contributed by atoms with Crippen LogP contribution in [0.4, 0.5) is 0 Å². The Labute approximate surface area is 199 Å². The average Bonchev–Trinajstić information content (AvgIpc) is 3.42. The molecule has 0 bridgehead atoms. The number of hydrogen-bond donors (Lipinski definition) is 0. The van der Waals surface area contributed by atoms with Crippen molar-refractivity contribution in [2.24, 2.45) is 0 Å². The summed E-state index contributed by atoms with van der Waals surface area (Å²) in [5, 5.41) is 1.82. The van der Waals surface area contributed by atoms with Gasteiger partial charge in [-0.05, 0) is 47.7 Å². The van der Waals surface area contributed by atoms with Gasteiger partial charge in [0.25, 0.3) is 5.91 Å². The molecule has 0 spiro atoms. The van der Waals surface area contributed by atoms with Crippen molar-refractivity contribution >= 4 is 57.6 Å². The quantitative estimate of drug-likeness (QED) is 0.185. The summed E-state index contributed by atoms with van der Waals surface area (Å²) in [4.78, 5) is 27.9. The molecule has 0 unspecified atom stereocenters. The van der Waals surface area contributed by atoms with E-state index >= 15 is 0 Å². The van der Waals surface area contributed by atoms with E-state index in [4.69, 9.17) is 21.7 Å². The third-order valence-corrected chi connectivity index (χ3v) is 6.78. The fourth-order valence-electron chi connectivity index (χ4n) is 3.07. The summed E-state index contributed by atoms with van der Waals surface area (Å²) in [7, 11) is 0. The summed E-state index contributed by atoms with van der Waals surface area (Å²) in [6.07, 6.45) is 1.78. The van der Waals surface area contributed by atoms with Crippen molar-refractivity contribution < 1.29 is 19.1 Å². The molecule has 162 valence electrons. The summed E-state index contributed by atoms with van der Waals surface area (Å²) >= 11 is 8.02. The summed E-state index contributed by atoms with van der Waals surface area (Å²) < 4.78 is 11.7. The Morgan fingerprint density at radius 1 is 1.09 bits per heavy atom. The Morgan fingerprint density at radius 2 is 1.91 bits per heavy atom. The largest absolute Gasteiger partial charge is 0.490 e. The van der Waals surface area contributed by atoms with E-state index < -0.39 is 5.97 Å². The molecule has 1 aliphatic heterocycles. The Kier molecular flexibility index (Phi) is 7.04. The van der Waals surface area contributed by atoms with Crippen LogP contribution < -0.4 is 9.47 Å². The number of thiophene rings is 1. The molecule has 8 heteroatoms. The molecule has 1 amide bonds. The first-order chi connectivity index (χ1) is 15.5. The standard InChI is InChI=1S/C24H19NO4S3/c1-2-28-19-13-17(10-11-18(19)29-23(27)20-9-6-12-31-20)14-21-22(26)25(24(30)32-21)15-16-7-4-3-5-8-16/h3-14H,2,15H2,1H3/b21-14+. The van der Waals surface area contributed by atoms with Gasteiger partial charge in [-0.15, -0.1) is 11.3 Å². The highest BCUT2D eigenvalue weighted by atomic mass is 32.2. The smallest absolute Gasteiger partial charge is 0.353 e. The van der Waals surface area contributed by atoms with E-state index in [-0.39, 0.29) is 5.91 Å². The van der Waals surface area contributed by atoms with Crippen LogP contribution in [0.15, 0.2) is 70.9 Å². The molecule has 2 heterocycles. The van der Waals surface area contributed by atoms with Gasteiger partial charge in [-0.2, -0.15) is 0 Å². The van der Waals surface area contributed by atoms with Gasteiger partial charge in [0.1, 0.15) is 9.20 Å². The molecular weight excluding hydrogens is 462 g/mol. The van der Waals surface area contributed by atoms with Gasteiger partial charge in [0.15, 0.2) is 11.5 Å². The maximum absolute atomic E-state index is 12.9. The number of thiocarbonyl (C=S) groups is 1. The third-order valence-electron chi connectivity index (χ3n) is 4.55. The number of thioether (sulfide) groups is 1. The molecule has 5 nitrogen and oxygen atoms in total. The van der Waals surface area contributed by atoms with E-state index in [1.807, 2.05) is 42.6 Å². The molecule has 1 aliphatic rings. The lowest BCUT2D eigenvalue weighted by atomic mass is 10.1. The van der Waals surface area contributed by atoms with Crippen LogP contribution in [0, 0.1) is 0 Å². The number of ether oxygens (including phenoxy) is 2. The van der Waals surface area contributed by atoms with Crippen LogP contribution >= 0.6 is 35.3 Å². The van der Waals surface area contributed by atoms with E-state index in [2.05, 4.69) is 0 Å². The minimum Gasteiger partial charge on any atom is -0.490 e. The van der Waals surface area contributed by atoms with E-state index in [0.717, 1.165) is 11.1 Å². The maximum Gasteiger partial charge on any atom is 0.353 e. The number of benzene rings is 2. The van der Waals surface area contributed by atoms with Crippen molar-refractivity contribution in [2.45, 2.75) is 13.5 Å². The number of nitrogens with zero attached hydrogens (tertiary/aromatic N) is 1. The number of carbonyl (C=O) groups is 2. The van der Waals surface area contributed by atoms with Crippen molar-refractivity contribution in [3.8, 4) is 11.5 Å². The fourth-order valence-corrected chi connectivity index (χ4v) is 4.92. The van der Waals surface area contributed by atoms with Crippen LogP contribution in [0.2, 0.25) is 0 Å². The van der Waals surface area contributed by atoms with E-state index in [9.17, 15) is 9.59 Å². The number of carbonyl (C=O) groups excluding carboxylic acids is 2. The summed E-state index contributed by atoms with van der Waals surface area (Å²) in [6, 6.07) is 18.4. The first kappa shape index (κ1) is 22.3. The van der Waals surface area contributed by atoms with Crippen LogP contribution in [-0.2, 0) is 11.3 Å². The zero-order chi connectivity index (χ0) is 22.5. The van der Waals surface area contributed by atoms with Crippen molar-refractivity contribution in [2.75, 3.05) is 6.61 Å². The second-order valence-electron chi connectivity index (χ2n) is 6.76. The van der Waals surface area contributed by atoms with Crippen molar-refractivity contribution in [3.05, 3.63) is 87.0 Å². The van der Waals surface area contributed by atoms with E-state index in [1.165, 1.54) is 23.1 Å². The highest BCUT2D eigenvalue weighted by Gasteiger charge is 2.32. The minimum atomic E-state index is -0.435. The van der Waals surface area contributed by atoms with Gasteiger partial charge in [0.2, 0.25) is 0 Å². The normalized spacial score (nSPS) is 14.8. The molecular formula is C24H19NO4S3. The zero-order valence-corrected chi connectivity index (χ0v) is 19.6. The molecule has 0 atom stereocenters. The minimum absolute atomic E-state index is 0.130. The number of esters is 1. The second kappa shape index (κ2) is 10.1. The van der Waals surface area contributed by atoms with E-state index in [0.29, 0.717) is 38.8 Å². The maximum atomic E-state index is 12.9. The Morgan fingerprint density at radius 3 is 2.62 bits per heavy atom. The summed E-state index contributed by atoms with van der Waals surface area (Å²) in [5.74, 6) is 0.204. The van der Waals surface area contributed by atoms with Gasteiger partial charge in [-0.1, -0.05) is 66.4 Å². The Balaban J connectivity index is 1.54. The van der Waals surface area contributed by atoms with Crippen molar-refractivity contribution in [1.82, 2.24) is 4.90 Å². The van der Waals surface area contributed by atoms with Gasteiger partial charge >= 0.3 is 5.97 Å². The van der Waals surface area contributed by atoms with Crippen LogP contribution in [0.25, 0.3) is 6.08 Å². The third kappa shape index (κ3) is 5.09. The van der Waals surface area contributed by atoms with Crippen LogP contribution in [0.5, 0.6) is 11.5 Å². The molecule has 3 aromatic rings. The Bertz CT molecular complexity index is 1170. The van der Waals surface area contributed by atoms with E-state index in [1.54, 1.807) is 41.3 Å². The summed E-state index contributed by atoms with van der Waals surface area (Å²) in [6.45, 7) is 2.70. The SMILES string of the molecule is CCOc1cc(/C=C2/SC(=S)N(Cc3ccccc3)C2=O)ccc1OC(=O)c1cccs1. The van der Waals surface area contributed by atoms with Crippen molar-refractivity contribution in [1.29, 1.82) is 0 Å². The molecule has 1 saturated heterocycles. The van der Waals surface area contributed by atoms with Crippen LogP contribution in [-0.4, -0.2) is 27.7 Å². The predicted octanol–water partition coefficient (Wildman–Crippen LogP) is 5.77. The zero-order valence-electron chi connectivity index (χ0n) is 17.1. The van der Waals surface area contributed by atoms with Crippen LogP contribution in [0.1, 0.15) is 27.7 Å². The summed E-state index contributed by atoms with van der Waals surface area (Å²) in [5.41, 5.74) is 1.77. The second-order valence-corrected chi connectivity index (χ2v) is 9.38. The lowest BCUT2D eigenvalue weighted by Crippen LogP contribution is -2.27. The van der Waals surface area contributed by atoms with Gasteiger partial charge < -0.3 is 9.47 Å². The van der Waals surface area contributed by atoms with Gasteiger partial charge in [0, 0.05) is 0 Å². The molecule has 1 aromatic heterocycles. The Hall–Kier alpha value is -2.94. The topological polar surface area (TPSA) is 55.8 Å². The average molecular weight is 482 g/mol. The number of hydrogen-bond acceptors (Lipinski definition) is 7. The fraction of sp³-hybridized carbons (Fsp3) is 0.125. The predicted molar refractivity (Wildman–Crippen MR) is 132 cm³/mol. The first-order valence-corrected chi connectivity index (χ1v) is 12.0. The number of rotatable bonds is 7. The lowest BCUT2D eigenvalue weighted by molar-refractivity contribution is -0.122. The molecule has 0 saturated carbocycles. The molecule has 2 aromatic carbocycles. The lowest BCUT2D eigenvalue weighted by Gasteiger charge is -2.14. The molecule has 1 fully saturated rings.